The number of amides is 1. The van der Waals surface area contributed by atoms with Gasteiger partial charge in [-0.1, -0.05) is 54.6 Å². The number of carboxylic acid groups (broad SMARTS) is 2. The molecule has 0 heterocycles. The number of nitrogens with zero attached hydrogens (tertiary/aromatic N) is 1. The van der Waals surface area contributed by atoms with Crippen LogP contribution < -0.4 is 10.6 Å². The average Bonchev–Trinajstić information content (AvgIpc) is 2.77. The summed E-state index contributed by atoms with van der Waals surface area (Å²) >= 11 is 0. The van der Waals surface area contributed by atoms with Gasteiger partial charge >= 0.3 is 11.9 Å². The molecule has 0 aromatic heterocycles. The minimum atomic E-state index is -1.82. The molecule has 0 aliphatic heterocycles. The lowest BCUT2D eigenvalue weighted by atomic mass is 9.88. The highest BCUT2D eigenvalue weighted by atomic mass is 16.4. The number of nitrogens with one attached hydrogen (secondary N) is 2. The van der Waals surface area contributed by atoms with E-state index in [-0.39, 0.29) is 18.0 Å². The average molecular weight is 442 g/mol. The summed E-state index contributed by atoms with van der Waals surface area (Å²) in [4.78, 5) is 32.8. The van der Waals surface area contributed by atoms with Crippen molar-refractivity contribution in [3.05, 3.63) is 71.3 Å². The molecular formula is C24H31N3O5. The van der Waals surface area contributed by atoms with Gasteiger partial charge in [0.15, 0.2) is 0 Å². The highest BCUT2D eigenvalue weighted by Gasteiger charge is 2.21. The molecule has 8 heteroatoms. The van der Waals surface area contributed by atoms with Gasteiger partial charge in [-0.05, 0) is 50.0 Å². The standard InChI is InChI=1S/C22H29N3O.C2H2O4/c1-25(2)21(18-10-4-3-5-11-18)15-23-16-22(26)24-20-14-8-12-17-9-6-7-13-19(17)20;3-1(4)2(5)6/h3-7,9-11,13,20-21,23H,8,12,14-16H2,1-2H3,(H,24,26);(H,3,4)(H,5,6). The molecule has 0 fully saturated rings. The minimum Gasteiger partial charge on any atom is -0.473 e. The number of carbonyl (C=O) groups excluding carboxylic acids is 1. The predicted octanol–water partition coefficient (Wildman–Crippen LogP) is 2.23. The van der Waals surface area contributed by atoms with E-state index in [2.05, 4.69) is 78.2 Å². The third-order valence-corrected chi connectivity index (χ3v) is 5.32. The van der Waals surface area contributed by atoms with Crippen LogP contribution in [0.5, 0.6) is 0 Å². The molecule has 2 unspecified atom stereocenters. The predicted molar refractivity (Wildman–Crippen MR) is 121 cm³/mol. The van der Waals surface area contributed by atoms with Gasteiger partial charge < -0.3 is 25.7 Å². The van der Waals surface area contributed by atoms with E-state index in [1.165, 1.54) is 16.7 Å². The van der Waals surface area contributed by atoms with Crippen LogP contribution in [-0.2, 0) is 20.8 Å². The Labute approximate surface area is 188 Å². The van der Waals surface area contributed by atoms with Crippen molar-refractivity contribution >= 4 is 17.8 Å². The molecule has 172 valence electrons. The summed E-state index contributed by atoms with van der Waals surface area (Å²) in [5, 5.41) is 21.3. The molecule has 3 rings (SSSR count). The molecule has 2 atom stereocenters. The summed E-state index contributed by atoms with van der Waals surface area (Å²) in [6.07, 6.45) is 3.27. The SMILES string of the molecule is CN(C)C(CNCC(=O)NC1CCCc2ccccc21)c1ccccc1.O=C(O)C(=O)O. The molecule has 1 amide bonds. The molecule has 32 heavy (non-hydrogen) atoms. The fraction of sp³-hybridized carbons (Fsp3) is 0.375. The molecule has 4 N–H and O–H groups in total. The largest absolute Gasteiger partial charge is 0.473 e. The van der Waals surface area contributed by atoms with Crippen LogP contribution in [0.25, 0.3) is 0 Å². The normalized spacial score (nSPS) is 15.7. The maximum absolute atomic E-state index is 12.4. The number of hydrogen-bond donors (Lipinski definition) is 4. The number of carboxylic acids is 2. The number of fused-ring (bicyclic) bond motifs is 1. The Bertz CT molecular complexity index is 890. The Balaban J connectivity index is 0.000000534. The molecule has 0 saturated heterocycles. The molecule has 2 aromatic carbocycles. The zero-order valence-corrected chi connectivity index (χ0v) is 18.5. The third kappa shape index (κ3) is 7.79. The van der Waals surface area contributed by atoms with Crippen LogP contribution in [-0.4, -0.2) is 60.1 Å². The van der Waals surface area contributed by atoms with Crippen LogP contribution >= 0.6 is 0 Å². The molecule has 0 bridgehead atoms. The van der Waals surface area contributed by atoms with Crippen molar-refractivity contribution in [2.24, 2.45) is 0 Å². The lowest BCUT2D eigenvalue weighted by molar-refractivity contribution is -0.159. The van der Waals surface area contributed by atoms with Gasteiger partial charge in [-0.2, -0.15) is 0 Å². The summed E-state index contributed by atoms with van der Waals surface area (Å²) in [6.45, 7) is 1.08. The second kappa shape index (κ2) is 12.6. The Kier molecular flexibility index (Phi) is 9.84. The molecule has 1 aliphatic carbocycles. The Morgan fingerprint density at radius 2 is 1.62 bits per heavy atom. The zero-order valence-electron chi connectivity index (χ0n) is 18.5. The van der Waals surface area contributed by atoms with Gasteiger partial charge in [0.05, 0.1) is 12.6 Å². The van der Waals surface area contributed by atoms with Crippen molar-refractivity contribution in [2.45, 2.75) is 31.3 Å². The monoisotopic (exact) mass is 441 g/mol. The first kappa shape index (κ1) is 25.0. The van der Waals surface area contributed by atoms with Crippen molar-refractivity contribution in [3.63, 3.8) is 0 Å². The highest BCUT2D eigenvalue weighted by molar-refractivity contribution is 6.27. The van der Waals surface area contributed by atoms with Gasteiger partial charge in [-0.15, -0.1) is 0 Å². The molecular weight excluding hydrogens is 410 g/mol. The topological polar surface area (TPSA) is 119 Å². The first-order valence-corrected chi connectivity index (χ1v) is 10.5. The number of aliphatic carboxylic acids is 2. The number of aryl methyl sites for hydroxylation is 1. The maximum Gasteiger partial charge on any atom is 0.414 e. The van der Waals surface area contributed by atoms with E-state index in [9.17, 15) is 4.79 Å². The van der Waals surface area contributed by atoms with Crippen LogP contribution in [0, 0.1) is 0 Å². The molecule has 8 nitrogen and oxygen atoms in total. The van der Waals surface area contributed by atoms with Crippen LogP contribution in [0.1, 0.15) is 41.6 Å². The smallest absolute Gasteiger partial charge is 0.414 e. The fourth-order valence-corrected chi connectivity index (χ4v) is 3.75. The summed E-state index contributed by atoms with van der Waals surface area (Å²) in [5.74, 6) is -3.58. The molecule has 2 aromatic rings. The first-order chi connectivity index (χ1) is 15.3. The third-order valence-electron chi connectivity index (χ3n) is 5.32. The second-order valence-corrected chi connectivity index (χ2v) is 7.84. The van der Waals surface area contributed by atoms with Gasteiger partial charge in [0.2, 0.25) is 5.91 Å². The fourth-order valence-electron chi connectivity index (χ4n) is 3.75. The van der Waals surface area contributed by atoms with Crippen LogP contribution in [0.15, 0.2) is 54.6 Å². The van der Waals surface area contributed by atoms with E-state index in [4.69, 9.17) is 19.8 Å². The van der Waals surface area contributed by atoms with Crippen molar-refractivity contribution in [1.29, 1.82) is 0 Å². The molecule has 0 saturated carbocycles. The van der Waals surface area contributed by atoms with Gasteiger partial charge in [0.25, 0.3) is 0 Å². The van der Waals surface area contributed by atoms with Crippen LogP contribution in [0.3, 0.4) is 0 Å². The lowest BCUT2D eigenvalue weighted by Crippen LogP contribution is -2.40. The minimum absolute atomic E-state index is 0.0669. The van der Waals surface area contributed by atoms with E-state index < -0.39 is 11.9 Å². The van der Waals surface area contributed by atoms with Crippen molar-refractivity contribution in [1.82, 2.24) is 15.5 Å². The van der Waals surface area contributed by atoms with Gasteiger partial charge in [-0.25, -0.2) is 9.59 Å². The number of benzene rings is 2. The highest BCUT2D eigenvalue weighted by Crippen LogP contribution is 2.29. The number of hydrogen-bond acceptors (Lipinski definition) is 5. The van der Waals surface area contributed by atoms with Crippen molar-refractivity contribution in [2.75, 3.05) is 27.2 Å². The second-order valence-electron chi connectivity index (χ2n) is 7.84. The van der Waals surface area contributed by atoms with Crippen molar-refractivity contribution in [3.8, 4) is 0 Å². The van der Waals surface area contributed by atoms with Crippen molar-refractivity contribution < 1.29 is 24.6 Å². The number of rotatable bonds is 7. The maximum atomic E-state index is 12.4. The van der Waals surface area contributed by atoms with E-state index in [0.717, 1.165) is 25.8 Å². The molecule has 0 radical (unpaired) electrons. The summed E-state index contributed by atoms with van der Waals surface area (Å²) in [7, 11) is 4.14. The Morgan fingerprint density at radius 3 is 2.25 bits per heavy atom. The lowest BCUT2D eigenvalue weighted by Gasteiger charge is -2.27. The zero-order chi connectivity index (χ0) is 23.5. The van der Waals surface area contributed by atoms with Gasteiger partial charge in [0.1, 0.15) is 0 Å². The summed E-state index contributed by atoms with van der Waals surface area (Å²) in [6, 6.07) is 19.2. The summed E-state index contributed by atoms with van der Waals surface area (Å²) < 4.78 is 0. The number of likely N-dealkylation sites (N-methyl/N-ethyl adjacent to an activating group) is 1. The molecule has 0 spiro atoms. The van der Waals surface area contributed by atoms with E-state index in [1.807, 2.05) is 6.07 Å². The van der Waals surface area contributed by atoms with E-state index in [0.29, 0.717) is 6.54 Å². The van der Waals surface area contributed by atoms with Crippen LogP contribution in [0.4, 0.5) is 0 Å². The summed E-state index contributed by atoms with van der Waals surface area (Å²) in [5.41, 5.74) is 3.91. The Hall–Kier alpha value is -3.23. The van der Waals surface area contributed by atoms with Crippen LogP contribution in [0.2, 0.25) is 0 Å². The van der Waals surface area contributed by atoms with E-state index in [1.54, 1.807) is 0 Å². The van der Waals surface area contributed by atoms with E-state index >= 15 is 0 Å². The first-order valence-electron chi connectivity index (χ1n) is 10.5. The Morgan fingerprint density at radius 1 is 1.00 bits per heavy atom. The van der Waals surface area contributed by atoms with Gasteiger partial charge in [-0.3, -0.25) is 4.79 Å². The number of carbonyl (C=O) groups is 3. The molecule has 1 aliphatic rings. The quantitative estimate of drug-likeness (QED) is 0.487. The van der Waals surface area contributed by atoms with Gasteiger partial charge in [0, 0.05) is 12.6 Å².